The Bertz CT molecular complexity index is 1110. The van der Waals surface area contributed by atoms with Gasteiger partial charge in [0.1, 0.15) is 5.69 Å². The van der Waals surface area contributed by atoms with Gasteiger partial charge in [0.25, 0.3) is 5.91 Å². The van der Waals surface area contributed by atoms with Crippen LogP contribution >= 0.6 is 23.2 Å². The van der Waals surface area contributed by atoms with Crippen LogP contribution in [0.2, 0.25) is 10.0 Å². The van der Waals surface area contributed by atoms with Crippen LogP contribution in [-0.2, 0) is 4.79 Å². The van der Waals surface area contributed by atoms with E-state index in [4.69, 9.17) is 29.0 Å². The second kappa shape index (κ2) is 8.15. The van der Waals surface area contributed by atoms with Crippen LogP contribution in [0.25, 0.3) is 11.0 Å². The van der Waals surface area contributed by atoms with Crippen LogP contribution in [-0.4, -0.2) is 26.5 Å². The number of fused-ring (bicyclic) bond motifs is 1. The van der Waals surface area contributed by atoms with E-state index in [1.807, 2.05) is 0 Å². The number of hydrazone groups is 1. The number of hydrogen-bond donors (Lipinski definition) is 2. The molecule has 11 heteroatoms. The summed E-state index contributed by atoms with van der Waals surface area (Å²) in [5, 5.41) is 18.0. The highest BCUT2D eigenvalue weighted by Gasteiger charge is 2.37. The Morgan fingerprint density at radius 3 is 2.57 bits per heavy atom. The van der Waals surface area contributed by atoms with Gasteiger partial charge in [-0.05, 0) is 30.3 Å². The standard InChI is InChI=1S/C17H12Cl2N6O3/c18-9-5-6-11(10(19)7-9)23-17(26)15(24-20)16(25(27)28)14-8-21-12-3-1-2-4-13(12)22-14/h1-8,16H,20H2,(H,23,26)/b24-15-/t16-/m1/s1. The quantitative estimate of drug-likeness (QED) is 0.282. The summed E-state index contributed by atoms with van der Waals surface area (Å²) in [5.41, 5.74) is 0.552. The molecule has 0 radical (unpaired) electrons. The Morgan fingerprint density at radius 1 is 1.21 bits per heavy atom. The molecule has 3 N–H and O–H groups in total. The predicted octanol–water partition coefficient (Wildman–Crippen LogP) is 3.21. The summed E-state index contributed by atoms with van der Waals surface area (Å²) in [4.78, 5) is 31.9. The molecule has 0 spiro atoms. The fourth-order valence-electron chi connectivity index (χ4n) is 2.48. The first-order chi connectivity index (χ1) is 13.4. The lowest BCUT2D eigenvalue weighted by Crippen LogP contribution is -2.34. The molecule has 0 saturated carbocycles. The average molecular weight is 419 g/mol. The van der Waals surface area contributed by atoms with Crippen LogP contribution in [0.5, 0.6) is 0 Å². The molecule has 2 aromatic carbocycles. The lowest BCUT2D eigenvalue weighted by Gasteiger charge is -2.12. The number of para-hydroxylation sites is 2. The number of anilines is 1. The van der Waals surface area contributed by atoms with Gasteiger partial charge < -0.3 is 11.2 Å². The fraction of sp³-hybridized carbons (Fsp3) is 0.0588. The van der Waals surface area contributed by atoms with Gasteiger partial charge in [-0.1, -0.05) is 35.3 Å². The van der Waals surface area contributed by atoms with Crippen LogP contribution < -0.4 is 11.2 Å². The summed E-state index contributed by atoms with van der Waals surface area (Å²) in [5.74, 6) is 4.40. The van der Waals surface area contributed by atoms with Crippen LogP contribution in [0.4, 0.5) is 5.69 Å². The van der Waals surface area contributed by atoms with Crippen molar-refractivity contribution in [1.29, 1.82) is 0 Å². The lowest BCUT2D eigenvalue weighted by molar-refractivity contribution is -0.509. The Labute approximate surface area is 168 Å². The molecule has 1 atom stereocenters. The van der Waals surface area contributed by atoms with Crippen molar-refractivity contribution in [2.75, 3.05) is 5.32 Å². The number of rotatable bonds is 5. The van der Waals surface area contributed by atoms with Gasteiger partial charge in [0.15, 0.2) is 0 Å². The fourth-order valence-corrected chi connectivity index (χ4v) is 2.94. The Kier molecular flexibility index (Phi) is 5.67. The minimum atomic E-state index is -1.71. The van der Waals surface area contributed by atoms with Crippen LogP contribution in [0.3, 0.4) is 0 Å². The zero-order valence-electron chi connectivity index (χ0n) is 14.0. The molecule has 28 heavy (non-hydrogen) atoms. The van der Waals surface area contributed by atoms with Gasteiger partial charge in [0.05, 0.1) is 27.9 Å². The van der Waals surface area contributed by atoms with Crippen molar-refractivity contribution in [1.82, 2.24) is 9.97 Å². The molecular weight excluding hydrogens is 407 g/mol. The number of hydrogen-bond acceptors (Lipinski definition) is 7. The van der Waals surface area contributed by atoms with E-state index in [1.165, 1.54) is 24.4 Å². The molecule has 0 aliphatic carbocycles. The summed E-state index contributed by atoms with van der Waals surface area (Å²) in [6, 6.07) is 9.49. The first kappa shape index (κ1) is 19.5. The number of nitrogens with one attached hydrogen (secondary N) is 1. The zero-order valence-corrected chi connectivity index (χ0v) is 15.6. The van der Waals surface area contributed by atoms with Gasteiger partial charge in [0, 0.05) is 9.95 Å². The van der Waals surface area contributed by atoms with Gasteiger partial charge >= 0.3 is 6.04 Å². The summed E-state index contributed by atoms with van der Waals surface area (Å²) < 4.78 is 0. The molecular formula is C17H12Cl2N6O3. The SMILES string of the molecule is N/N=C(\C(=O)Nc1ccc(Cl)cc1Cl)[C@@H](c1cnc2ccccc2n1)[N+](=O)[O-]. The molecule has 0 unspecified atom stereocenters. The van der Waals surface area contributed by atoms with E-state index in [-0.39, 0.29) is 16.4 Å². The van der Waals surface area contributed by atoms with Crippen molar-refractivity contribution in [3.63, 3.8) is 0 Å². The highest BCUT2D eigenvalue weighted by Crippen LogP contribution is 2.26. The summed E-state index contributed by atoms with van der Waals surface area (Å²) in [6.45, 7) is 0. The number of carbonyl (C=O) groups excluding carboxylic acids is 1. The number of aromatic nitrogens is 2. The zero-order chi connectivity index (χ0) is 20.3. The number of carbonyl (C=O) groups is 1. The van der Waals surface area contributed by atoms with Crippen LogP contribution in [0.1, 0.15) is 11.7 Å². The Balaban J connectivity index is 1.96. The van der Waals surface area contributed by atoms with Crippen molar-refractivity contribution in [3.05, 3.63) is 74.5 Å². The first-order valence-electron chi connectivity index (χ1n) is 7.80. The van der Waals surface area contributed by atoms with E-state index in [1.54, 1.807) is 24.3 Å². The number of halogens is 2. The topological polar surface area (TPSA) is 136 Å². The van der Waals surface area contributed by atoms with E-state index in [2.05, 4.69) is 20.4 Å². The molecule has 0 fully saturated rings. The third-order valence-corrected chi connectivity index (χ3v) is 4.32. The number of nitro groups is 1. The van der Waals surface area contributed by atoms with Gasteiger partial charge in [-0.15, -0.1) is 0 Å². The van der Waals surface area contributed by atoms with E-state index in [0.29, 0.717) is 16.1 Å². The van der Waals surface area contributed by atoms with Crippen molar-refractivity contribution in [3.8, 4) is 0 Å². The van der Waals surface area contributed by atoms with Crippen molar-refractivity contribution >= 4 is 51.5 Å². The highest BCUT2D eigenvalue weighted by atomic mass is 35.5. The third-order valence-electron chi connectivity index (χ3n) is 3.77. The smallest absolute Gasteiger partial charge is 0.304 e. The minimum absolute atomic E-state index is 0.0785. The molecule has 142 valence electrons. The molecule has 0 saturated heterocycles. The van der Waals surface area contributed by atoms with E-state index in [0.717, 1.165) is 0 Å². The molecule has 0 bridgehead atoms. The predicted molar refractivity (Wildman–Crippen MR) is 106 cm³/mol. The molecule has 9 nitrogen and oxygen atoms in total. The maximum atomic E-state index is 12.6. The molecule has 1 heterocycles. The monoisotopic (exact) mass is 418 g/mol. The Morgan fingerprint density at radius 2 is 1.93 bits per heavy atom. The van der Waals surface area contributed by atoms with Crippen LogP contribution in [0, 0.1) is 10.1 Å². The molecule has 3 aromatic rings. The molecule has 3 rings (SSSR count). The highest BCUT2D eigenvalue weighted by molar-refractivity contribution is 6.45. The van der Waals surface area contributed by atoms with Crippen molar-refractivity contribution in [2.24, 2.45) is 10.9 Å². The van der Waals surface area contributed by atoms with Crippen molar-refractivity contribution < 1.29 is 9.72 Å². The number of amides is 1. The summed E-state index contributed by atoms with van der Waals surface area (Å²) >= 11 is 11.8. The van der Waals surface area contributed by atoms with Gasteiger partial charge in [-0.2, -0.15) is 5.10 Å². The van der Waals surface area contributed by atoms with Gasteiger partial charge in [-0.25, -0.2) is 4.98 Å². The van der Waals surface area contributed by atoms with Gasteiger partial charge in [0.2, 0.25) is 5.71 Å². The van der Waals surface area contributed by atoms with E-state index < -0.39 is 22.6 Å². The van der Waals surface area contributed by atoms with Crippen molar-refractivity contribution in [2.45, 2.75) is 6.04 Å². The van der Waals surface area contributed by atoms with E-state index in [9.17, 15) is 14.9 Å². The number of benzene rings is 2. The number of nitrogens with two attached hydrogens (primary N) is 1. The Hall–Kier alpha value is -3.30. The molecule has 0 aliphatic heterocycles. The van der Waals surface area contributed by atoms with Gasteiger partial charge in [-0.3, -0.25) is 19.9 Å². The second-order valence-corrected chi connectivity index (χ2v) is 6.41. The second-order valence-electron chi connectivity index (χ2n) is 5.56. The maximum absolute atomic E-state index is 12.6. The summed E-state index contributed by atoms with van der Waals surface area (Å²) in [7, 11) is 0. The lowest BCUT2D eigenvalue weighted by atomic mass is 10.1. The minimum Gasteiger partial charge on any atom is -0.323 e. The van der Waals surface area contributed by atoms with Crippen LogP contribution in [0.15, 0.2) is 53.8 Å². The van der Waals surface area contributed by atoms with E-state index >= 15 is 0 Å². The third kappa shape index (κ3) is 4.00. The molecule has 0 aliphatic rings. The largest absolute Gasteiger partial charge is 0.323 e. The maximum Gasteiger partial charge on any atom is 0.304 e. The summed E-state index contributed by atoms with van der Waals surface area (Å²) in [6.07, 6.45) is 1.21. The average Bonchev–Trinajstić information content (AvgIpc) is 2.67. The number of nitrogens with zero attached hydrogens (tertiary/aromatic N) is 4. The first-order valence-corrected chi connectivity index (χ1v) is 8.55. The normalized spacial score (nSPS) is 12.6. The molecule has 1 amide bonds. The molecule has 1 aromatic heterocycles.